The molecule has 78 valence electrons. The van der Waals surface area contributed by atoms with Crippen molar-refractivity contribution in [2.24, 2.45) is 0 Å². The standard InChI is InChI=1S/C9H14N2O2S/c1-6-9(12,3-4-13-6)5-8-11-10-7(2)14-8/h6,12H,3-5H2,1-2H3. The van der Waals surface area contributed by atoms with E-state index in [0.29, 0.717) is 19.4 Å². The number of ether oxygens (including phenoxy) is 1. The molecule has 0 saturated carbocycles. The maximum absolute atomic E-state index is 10.2. The second kappa shape index (κ2) is 3.56. The molecular formula is C9H14N2O2S. The second-order valence-corrected chi connectivity index (χ2v) is 5.02. The molecule has 1 saturated heterocycles. The molecule has 0 radical (unpaired) electrons. The molecule has 2 rings (SSSR count). The first-order valence-corrected chi connectivity index (χ1v) is 5.55. The third-order valence-electron chi connectivity index (χ3n) is 2.68. The molecule has 4 nitrogen and oxygen atoms in total. The number of hydrogen-bond donors (Lipinski definition) is 1. The summed E-state index contributed by atoms with van der Waals surface area (Å²) in [7, 11) is 0. The van der Waals surface area contributed by atoms with Crippen molar-refractivity contribution in [3.8, 4) is 0 Å². The Morgan fingerprint density at radius 3 is 2.93 bits per heavy atom. The summed E-state index contributed by atoms with van der Waals surface area (Å²) in [5, 5.41) is 20.0. The van der Waals surface area contributed by atoms with Gasteiger partial charge in [0.1, 0.15) is 10.0 Å². The lowest BCUT2D eigenvalue weighted by Crippen LogP contribution is -2.38. The van der Waals surface area contributed by atoms with E-state index >= 15 is 0 Å². The highest BCUT2D eigenvalue weighted by molar-refractivity contribution is 7.11. The van der Waals surface area contributed by atoms with Crippen LogP contribution >= 0.6 is 11.3 Å². The van der Waals surface area contributed by atoms with E-state index in [2.05, 4.69) is 10.2 Å². The molecule has 1 fully saturated rings. The minimum absolute atomic E-state index is 0.105. The van der Waals surface area contributed by atoms with Gasteiger partial charge < -0.3 is 9.84 Å². The van der Waals surface area contributed by atoms with Gasteiger partial charge in [0.15, 0.2) is 0 Å². The number of aryl methyl sites for hydroxylation is 1. The van der Waals surface area contributed by atoms with Crippen molar-refractivity contribution in [2.45, 2.75) is 38.4 Å². The SMILES string of the molecule is Cc1nnc(CC2(O)CCOC2C)s1. The number of aromatic nitrogens is 2. The zero-order valence-corrected chi connectivity index (χ0v) is 9.17. The molecule has 2 heterocycles. The highest BCUT2D eigenvalue weighted by Gasteiger charge is 2.40. The van der Waals surface area contributed by atoms with Crippen molar-refractivity contribution in [3.05, 3.63) is 10.0 Å². The van der Waals surface area contributed by atoms with Crippen molar-refractivity contribution in [1.29, 1.82) is 0 Å². The molecule has 2 unspecified atom stereocenters. The van der Waals surface area contributed by atoms with Crippen LogP contribution in [0, 0.1) is 6.92 Å². The molecule has 14 heavy (non-hydrogen) atoms. The van der Waals surface area contributed by atoms with Crippen molar-refractivity contribution >= 4 is 11.3 Å². The van der Waals surface area contributed by atoms with E-state index < -0.39 is 5.60 Å². The lowest BCUT2D eigenvalue weighted by Gasteiger charge is -2.24. The average molecular weight is 214 g/mol. The zero-order chi connectivity index (χ0) is 10.2. The fourth-order valence-electron chi connectivity index (χ4n) is 1.67. The molecule has 0 aromatic carbocycles. The van der Waals surface area contributed by atoms with E-state index in [4.69, 9.17) is 4.74 Å². The van der Waals surface area contributed by atoms with E-state index in [-0.39, 0.29) is 6.10 Å². The summed E-state index contributed by atoms with van der Waals surface area (Å²) in [6, 6.07) is 0. The van der Waals surface area contributed by atoms with Crippen molar-refractivity contribution in [2.75, 3.05) is 6.61 Å². The summed E-state index contributed by atoms with van der Waals surface area (Å²) >= 11 is 1.54. The van der Waals surface area contributed by atoms with Crippen molar-refractivity contribution in [1.82, 2.24) is 10.2 Å². The number of aliphatic hydroxyl groups is 1. The maximum atomic E-state index is 10.2. The largest absolute Gasteiger partial charge is 0.387 e. The molecule has 2 atom stereocenters. The van der Waals surface area contributed by atoms with Crippen LogP contribution in [0.15, 0.2) is 0 Å². The molecular weight excluding hydrogens is 200 g/mol. The fraction of sp³-hybridized carbons (Fsp3) is 0.778. The van der Waals surface area contributed by atoms with Crippen LogP contribution in [-0.4, -0.2) is 33.6 Å². The molecule has 1 aromatic rings. The van der Waals surface area contributed by atoms with Crippen LogP contribution < -0.4 is 0 Å². The van der Waals surface area contributed by atoms with Gasteiger partial charge in [-0.05, 0) is 13.8 Å². The van der Waals surface area contributed by atoms with Gasteiger partial charge in [0.25, 0.3) is 0 Å². The number of rotatable bonds is 2. The molecule has 1 aliphatic rings. The maximum Gasteiger partial charge on any atom is 0.120 e. The lowest BCUT2D eigenvalue weighted by atomic mass is 9.93. The summed E-state index contributed by atoms with van der Waals surface area (Å²) < 4.78 is 5.35. The van der Waals surface area contributed by atoms with Gasteiger partial charge >= 0.3 is 0 Å². The number of hydrogen-bond acceptors (Lipinski definition) is 5. The Labute approximate surface area is 86.9 Å². The molecule has 1 N–H and O–H groups in total. The monoisotopic (exact) mass is 214 g/mol. The fourth-order valence-corrected chi connectivity index (χ4v) is 2.50. The minimum atomic E-state index is -0.744. The molecule has 5 heteroatoms. The third kappa shape index (κ3) is 1.80. The molecule has 0 amide bonds. The van der Waals surface area contributed by atoms with E-state index in [1.54, 1.807) is 0 Å². The van der Waals surface area contributed by atoms with Crippen LogP contribution in [-0.2, 0) is 11.2 Å². The Kier molecular flexibility index (Phi) is 2.55. The molecule has 1 aromatic heterocycles. The first kappa shape index (κ1) is 10.0. The van der Waals surface area contributed by atoms with Crippen LogP contribution in [0.1, 0.15) is 23.4 Å². The predicted octanol–water partition coefficient (Wildman–Crippen LogP) is 0.929. The van der Waals surface area contributed by atoms with E-state index in [1.165, 1.54) is 11.3 Å². The Balaban J connectivity index is 2.10. The minimum Gasteiger partial charge on any atom is -0.387 e. The predicted molar refractivity (Wildman–Crippen MR) is 53.3 cm³/mol. The summed E-state index contributed by atoms with van der Waals surface area (Å²) in [5.41, 5.74) is -0.744. The van der Waals surface area contributed by atoms with Crippen LogP contribution in [0.5, 0.6) is 0 Å². The van der Waals surface area contributed by atoms with Gasteiger partial charge in [-0.3, -0.25) is 0 Å². The average Bonchev–Trinajstić information content (AvgIpc) is 2.62. The van der Waals surface area contributed by atoms with Crippen LogP contribution in [0.2, 0.25) is 0 Å². The molecule has 0 aliphatic carbocycles. The molecule has 1 aliphatic heterocycles. The Morgan fingerprint density at radius 2 is 2.43 bits per heavy atom. The van der Waals surface area contributed by atoms with Gasteiger partial charge in [-0.2, -0.15) is 0 Å². The van der Waals surface area contributed by atoms with E-state index in [0.717, 1.165) is 10.0 Å². The normalized spacial score (nSPS) is 32.4. The highest BCUT2D eigenvalue weighted by Crippen LogP contribution is 2.30. The van der Waals surface area contributed by atoms with E-state index in [1.807, 2.05) is 13.8 Å². The van der Waals surface area contributed by atoms with Gasteiger partial charge in [-0.25, -0.2) is 0 Å². The number of nitrogens with zero attached hydrogens (tertiary/aromatic N) is 2. The van der Waals surface area contributed by atoms with Gasteiger partial charge in [-0.15, -0.1) is 21.5 Å². The first-order valence-electron chi connectivity index (χ1n) is 4.73. The summed E-state index contributed by atoms with van der Waals surface area (Å²) in [5.74, 6) is 0. The molecule has 0 bridgehead atoms. The van der Waals surface area contributed by atoms with Crippen molar-refractivity contribution < 1.29 is 9.84 Å². The third-order valence-corrected chi connectivity index (χ3v) is 3.52. The van der Waals surface area contributed by atoms with E-state index in [9.17, 15) is 5.11 Å². The van der Waals surface area contributed by atoms with Crippen molar-refractivity contribution in [3.63, 3.8) is 0 Å². The first-order chi connectivity index (χ1) is 6.60. The Hall–Kier alpha value is -0.520. The lowest BCUT2D eigenvalue weighted by molar-refractivity contribution is -0.0269. The van der Waals surface area contributed by atoms with Crippen LogP contribution in [0.3, 0.4) is 0 Å². The quantitative estimate of drug-likeness (QED) is 0.795. The van der Waals surface area contributed by atoms with Crippen LogP contribution in [0.4, 0.5) is 0 Å². The Morgan fingerprint density at radius 1 is 1.64 bits per heavy atom. The topological polar surface area (TPSA) is 55.2 Å². The van der Waals surface area contributed by atoms with Gasteiger partial charge in [-0.1, -0.05) is 0 Å². The smallest absolute Gasteiger partial charge is 0.120 e. The summed E-state index contributed by atoms with van der Waals surface area (Å²) in [6.07, 6.45) is 1.14. The zero-order valence-electron chi connectivity index (χ0n) is 8.36. The molecule has 0 spiro atoms. The second-order valence-electron chi connectivity index (χ2n) is 3.76. The summed E-state index contributed by atoms with van der Waals surface area (Å²) in [6.45, 7) is 4.45. The van der Waals surface area contributed by atoms with Gasteiger partial charge in [0.05, 0.1) is 11.7 Å². The van der Waals surface area contributed by atoms with Crippen LogP contribution in [0.25, 0.3) is 0 Å². The highest BCUT2D eigenvalue weighted by atomic mass is 32.1. The summed E-state index contributed by atoms with van der Waals surface area (Å²) in [4.78, 5) is 0. The Bertz CT molecular complexity index is 328. The van der Waals surface area contributed by atoms with Gasteiger partial charge in [0.2, 0.25) is 0 Å². The van der Waals surface area contributed by atoms with Gasteiger partial charge in [0, 0.05) is 19.4 Å².